The van der Waals surface area contributed by atoms with Crippen molar-refractivity contribution in [1.82, 2.24) is 0 Å². The van der Waals surface area contributed by atoms with Crippen LogP contribution in [0.5, 0.6) is 0 Å². The van der Waals surface area contributed by atoms with Crippen LogP contribution >= 0.6 is 0 Å². The zero-order valence-corrected chi connectivity index (χ0v) is 13.0. The van der Waals surface area contributed by atoms with Crippen LogP contribution < -0.4 is 0 Å². The fourth-order valence-corrected chi connectivity index (χ4v) is 2.10. The van der Waals surface area contributed by atoms with Crippen LogP contribution in [0.1, 0.15) is 30.9 Å². The molecule has 0 heterocycles. The van der Waals surface area contributed by atoms with Crippen LogP contribution in [0.4, 0.5) is 0 Å². The molecule has 0 bridgehead atoms. The second kappa shape index (κ2) is 9.60. The number of hydrogen-bond acceptors (Lipinski definition) is 1. The summed E-state index contributed by atoms with van der Waals surface area (Å²) in [5, 5.41) is 0. The molecule has 0 fully saturated rings. The first kappa shape index (κ1) is 16.1. The topological polar surface area (TPSA) is 9.23 Å². The minimum absolute atomic E-state index is 0.121. The Morgan fingerprint density at radius 1 is 1.00 bits per heavy atom. The van der Waals surface area contributed by atoms with E-state index in [0.29, 0.717) is 6.61 Å². The number of rotatable bonds is 6. The third-order valence-electron chi connectivity index (χ3n) is 3.26. The zero-order chi connectivity index (χ0) is 15.5. The highest BCUT2D eigenvalue weighted by atomic mass is 16.5. The maximum Gasteiger partial charge on any atom is 0.0769 e. The van der Waals surface area contributed by atoms with Gasteiger partial charge in [0.2, 0.25) is 0 Å². The summed E-state index contributed by atoms with van der Waals surface area (Å²) in [7, 11) is 0. The molecule has 2 aromatic carbocycles. The van der Waals surface area contributed by atoms with E-state index in [-0.39, 0.29) is 6.10 Å². The van der Waals surface area contributed by atoms with Crippen LogP contribution in [-0.2, 0) is 11.3 Å². The molecular formula is C21H22O. The molecule has 1 nitrogen and oxygen atoms in total. The molecule has 0 spiro atoms. The van der Waals surface area contributed by atoms with Crippen LogP contribution in [0, 0.1) is 11.8 Å². The first-order valence-electron chi connectivity index (χ1n) is 7.77. The van der Waals surface area contributed by atoms with Crippen LogP contribution in [0.15, 0.2) is 72.8 Å². The predicted octanol–water partition coefficient (Wildman–Crippen LogP) is 4.98. The van der Waals surface area contributed by atoms with Gasteiger partial charge in [0.05, 0.1) is 12.7 Å². The molecule has 2 rings (SSSR count). The van der Waals surface area contributed by atoms with Gasteiger partial charge < -0.3 is 4.74 Å². The quantitative estimate of drug-likeness (QED) is 0.682. The van der Waals surface area contributed by atoms with Gasteiger partial charge in [-0.2, -0.15) is 0 Å². The molecule has 1 atom stereocenters. The molecule has 2 aromatic rings. The molecule has 112 valence electrons. The second-order valence-electron chi connectivity index (χ2n) is 5.12. The molecule has 0 aliphatic rings. The van der Waals surface area contributed by atoms with Crippen molar-refractivity contribution in [2.45, 2.75) is 32.5 Å². The van der Waals surface area contributed by atoms with Gasteiger partial charge in [0.1, 0.15) is 0 Å². The highest BCUT2D eigenvalue weighted by Gasteiger charge is 2.03. The lowest BCUT2D eigenvalue weighted by Crippen LogP contribution is -2.09. The fourth-order valence-electron chi connectivity index (χ4n) is 2.10. The minimum Gasteiger partial charge on any atom is -0.369 e. The Bertz CT molecular complexity index is 617. The number of ether oxygens (including phenoxy) is 1. The summed E-state index contributed by atoms with van der Waals surface area (Å²) in [6.45, 7) is 2.81. The van der Waals surface area contributed by atoms with E-state index in [1.54, 1.807) is 0 Å². The monoisotopic (exact) mass is 290 g/mol. The second-order valence-corrected chi connectivity index (χ2v) is 5.12. The van der Waals surface area contributed by atoms with E-state index in [0.717, 1.165) is 18.4 Å². The largest absolute Gasteiger partial charge is 0.369 e. The lowest BCUT2D eigenvalue weighted by Gasteiger charge is -2.12. The van der Waals surface area contributed by atoms with Crippen LogP contribution in [0.2, 0.25) is 0 Å². The van der Waals surface area contributed by atoms with E-state index in [2.05, 4.69) is 37.0 Å². The van der Waals surface area contributed by atoms with Crippen molar-refractivity contribution in [1.29, 1.82) is 0 Å². The molecule has 0 radical (unpaired) electrons. The maximum atomic E-state index is 5.97. The maximum absolute atomic E-state index is 5.97. The number of benzene rings is 2. The van der Waals surface area contributed by atoms with Crippen molar-refractivity contribution in [3.05, 3.63) is 83.9 Å². The summed E-state index contributed by atoms with van der Waals surface area (Å²) >= 11 is 0. The Morgan fingerprint density at radius 2 is 1.68 bits per heavy atom. The first-order valence-corrected chi connectivity index (χ1v) is 7.77. The zero-order valence-electron chi connectivity index (χ0n) is 13.0. The number of allylic oxidation sites excluding steroid dienone is 1. The van der Waals surface area contributed by atoms with E-state index < -0.39 is 0 Å². The minimum atomic E-state index is 0.121. The van der Waals surface area contributed by atoms with Crippen molar-refractivity contribution in [2.75, 3.05) is 0 Å². The van der Waals surface area contributed by atoms with E-state index in [1.165, 1.54) is 5.56 Å². The van der Waals surface area contributed by atoms with Crippen molar-refractivity contribution >= 4 is 0 Å². The Kier molecular flexibility index (Phi) is 7.02. The van der Waals surface area contributed by atoms with Crippen LogP contribution in [0.25, 0.3) is 0 Å². The van der Waals surface area contributed by atoms with Crippen molar-refractivity contribution < 1.29 is 4.74 Å². The highest BCUT2D eigenvalue weighted by Crippen LogP contribution is 2.09. The van der Waals surface area contributed by atoms with E-state index in [9.17, 15) is 0 Å². The van der Waals surface area contributed by atoms with Gasteiger partial charge in [-0.15, -0.1) is 0 Å². The van der Waals surface area contributed by atoms with Gasteiger partial charge in [-0.05, 0) is 36.3 Å². The molecule has 0 saturated heterocycles. The van der Waals surface area contributed by atoms with Gasteiger partial charge in [-0.3, -0.25) is 0 Å². The van der Waals surface area contributed by atoms with E-state index in [4.69, 9.17) is 4.74 Å². The van der Waals surface area contributed by atoms with Gasteiger partial charge in [-0.1, -0.05) is 73.7 Å². The Labute approximate surface area is 133 Å². The molecule has 0 aromatic heterocycles. The molecule has 0 N–H and O–H groups in total. The van der Waals surface area contributed by atoms with Gasteiger partial charge in [-0.25, -0.2) is 0 Å². The fraction of sp³-hybridized carbons (Fsp3) is 0.238. The predicted molar refractivity (Wildman–Crippen MR) is 92.4 cm³/mol. The van der Waals surface area contributed by atoms with E-state index in [1.807, 2.05) is 54.6 Å². The highest BCUT2D eigenvalue weighted by molar-refractivity contribution is 5.36. The Morgan fingerprint density at radius 3 is 2.36 bits per heavy atom. The molecule has 22 heavy (non-hydrogen) atoms. The smallest absolute Gasteiger partial charge is 0.0769 e. The van der Waals surface area contributed by atoms with E-state index >= 15 is 0 Å². The summed E-state index contributed by atoms with van der Waals surface area (Å²) in [6, 6.07) is 20.3. The molecule has 0 amide bonds. The molecule has 0 aliphatic heterocycles. The van der Waals surface area contributed by atoms with Crippen LogP contribution in [0.3, 0.4) is 0 Å². The van der Waals surface area contributed by atoms with Crippen molar-refractivity contribution in [2.24, 2.45) is 0 Å². The summed E-state index contributed by atoms with van der Waals surface area (Å²) in [5.74, 6) is 6.20. The molecule has 0 aliphatic carbocycles. The van der Waals surface area contributed by atoms with Crippen molar-refractivity contribution in [3.63, 3.8) is 0 Å². The lowest BCUT2D eigenvalue weighted by atomic mass is 10.2. The lowest BCUT2D eigenvalue weighted by molar-refractivity contribution is 0.0661. The Hall–Kier alpha value is -2.30. The summed E-state index contributed by atoms with van der Waals surface area (Å²) in [4.78, 5) is 0. The van der Waals surface area contributed by atoms with Crippen LogP contribution in [-0.4, -0.2) is 6.10 Å². The first-order chi connectivity index (χ1) is 10.9. The van der Waals surface area contributed by atoms with Gasteiger partial charge in [0.15, 0.2) is 0 Å². The molecule has 1 unspecified atom stereocenters. The van der Waals surface area contributed by atoms with Gasteiger partial charge >= 0.3 is 0 Å². The average molecular weight is 290 g/mol. The SMILES string of the molecule is CCCC(/C=C/C#Cc1ccccc1)OCc1ccccc1. The third-order valence-corrected chi connectivity index (χ3v) is 3.26. The standard InChI is InChI=1S/C21H22O/c1-2-11-21(22-18-20-15-7-4-8-16-20)17-10-9-14-19-12-5-3-6-13-19/h3-8,10,12-13,15-17,21H,2,11,18H2,1H3/b17-10+. The summed E-state index contributed by atoms with van der Waals surface area (Å²) in [5.41, 5.74) is 2.23. The van der Waals surface area contributed by atoms with Gasteiger partial charge in [0, 0.05) is 5.56 Å². The third kappa shape index (κ3) is 5.99. The van der Waals surface area contributed by atoms with Crippen molar-refractivity contribution in [3.8, 4) is 11.8 Å². The number of hydrogen-bond donors (Lipinski definition) is 0. The Balaban J connectivity index is 1.88. The summed E-state index contributed by atoms with van der Waals surface area (Å²) in [6.07, 6.45) is 6.18. The van der Waals surface area contributed by atoms with Gasteiger partial charge in [0.25, 0.3) is 0 Å². The molecule has 0 saturated carbocycles. The molecular weight excluding hydrogens is 268 g/mol. The summed E-state index contributed by atoms with van der Waals surface area (Å²) < 4.78 is 5.97. The normalized spacial score (nSPS) is 11.9. The molecule has 1 heteroatoms. The average Bonchev–Trinajstić information content (AvgIpc) is 2.58.